The highest BCUT2D eigenvalue weighted by Crippen LogP contribution is 2.42. The molecule has 7 nitrogen and oxygen atoms in total. The third-order valence-corrected chi connectivity index (χ3v) is 4.90. The average molecular weight is 371 g/mol. The Hall–Kier alpha value is -2.48. The van der Waals surface area contributed by atoms with Crippen molar-refractivity contribution in [2.75, 3.05) is 52.6 Å². The topological polar surface area (TPSA) is 64.2 Å². The van der Waals surface area contributed by atoms with Crippen molar-refractivity contribution >= 4 is 5.69 Å². The van der Waals surface area contributed by atoms with Crippen molar-refractivity contribution in [1.29, 1.82) is 0 Å². The Morgan fingerprint density at radius 3 is 2.52 bits per heavy atom. The number of rotatable bonds is 6. The fourth-order valence-corrected chi connectivity index (χ4v) is 3.50. The van der Waals surface area contributed by atoms with E-state index in [9.17, 15) is 0 Å². The molecular formula is C20H25N3O4. The first kappa shape index (κ1) is 17.9. The number of methoxy groups -OCH3 is 1. The Labute approximate surface area is 159 Å². The summed E-state index contributed by atoms with van der Waals surface area (Å²) in [5, 5.41) is 5.49. The van der Waals surface area contributed by atoms with Gasteiger partial charge in [-0.1, -0.05) is 18.2 Å². The van der Waals surface area contributed by atoms with Crippen molar-refractivity contribution in [2.45, 2.75) is 6.04 Å². The van der Waals surface area contributed by atoms with Crippen molar-refractivity contribution in [1.82, 2.24) is 10.4 Å². The van der Waals surface area contributed by atoms with Crippen LogP contribution in [0.4, 0.5) is 5.69 Å². The summed E-state index contributed by atoms with van der Waals surface area (Å²) in [5.74, 6) is 2.21. The summed E-state index contributed by atoms with van der Waals surface area (Å²) in [6, 6.07) is 12.0. The molecule has 2 aromatic rings. The van der Waals surface area contributed by atoms with E-state index in [0.29, 0.717) is 19.0 Å². The standard InChI is InChI=1S/C20H25N3O4/c1-21-16-6-4-3-5-14(16)20(22-23-7-9-25-10-8-23)15-11-18-19(27-13-26-18)12-17(15)24-2/h3-6,11-12,20-22H,7-10,13H2,1-2H3. The molecule has 0 amide bonds. The van der Waals surface area contributed by atoms with E-state index >= 15 is 0 Å². The molecule has 2 N–H and O–H groups in total. The molecule has 0 saturated carbocycles. The largest absolute Gasteiger partial charge is 0.496 e. The highest BCUT2D eigenvalue weighted by molar-refractivity contribution is 5.59. The molecule has 1 fully saturated rings. The van der Waals surface area contributed by atoms with Gasteiger partial charge in [-0.25, -0.2) is 10.4 Å². The van der Waals surface area contributed by atoms with Crippen LogP contribution in [0, 0.1) is 0 Å². The summed E-state index contributed by atoms with van der Waals surface area (Å²) in [7, 11) is 3.61. The zero-order chi connectivity index (χ0) is 18.6. The van der Waals surface area contributed by atoms with Crippen LogP contribution in [0.3, 0.4) is 0 Å². The first-order valence-corrected chi connectivity index (χ1v) is 9.13. The fraction of sp³-hybridized carbons (Fsp3) is 0.400. The number of hydrazine groups is 1. The zero-order valence-corrected chi connectivity index (χ0v) is 15.7. The van der Waals surface area contributed by atoms with Crippen LogP contribution in [0.2, 0.25) is 0 Å². The predicted molar refractivity (Wildman–Crippen MR) is 102 cm³/mol. The average Bonchev–Trinajstić information content (AvgIpc) is 3.19. The maximum atomic E-state index is 5.70. The monoisotopic (exact) mass is 371 g/mol. The van der Waals surface area contributed by atoms with Crippen molar-refractivity contribution in [3.8, 4) is 17.2 Å². The molecule has 0 spiro atoms. The number of ether oxygens (including phenoxy) is 4. The summed E-state index contributed by atoms with van der Waals surface area (Å²) >= 11 is 0. The van der Waals surface area contributed by atoms with E-state index in [1.165, 1.54) is 0 Å². The Balaban J connectivity index is 1.77. The van der Waals surface area contributed by atoms with Gasteiger partial charge in [-0.2, -0.15) is 0 Å². The number of benzene rings is 2. The number of nitrogens with one attached hydrogen (secondary N) is 2. The minimum absolute atomic E-state index is 0.115. The van der Waals surface area contributed by atoms with Gasteiger partial charge < -0.3 is 24.3 Å². The van der Waals surface area contributed by atoms with E-state index < -0.39 is 0 Å². The van der Waals surface area contributed by atoms with E-state index in [2.05, 4.69) is 27.9 Å². The van der Waals surface area contributed by atoms with Crippen LogP contribution in [0.1, 0.15) is 17.2 Å². The van der Waals surface area contributed by atoms with E-state index in [1.807, 2.05) is 31.3 Å². The minimum atomic E-state index is -0.115. The quantitative estimate of drug-likeness (QED) is 0.808. The lowest BCUT2D eigenvalue weighted by Crippen LogP contribution is -2.47. The van der Waals surface area contributed by atoms with Crippen LogP contribution in [0.5, 0.6) is 17.2 Å². The molecule has 0 radical (unpaired) electrons. The Bertz CT molecular complexity index is 793. The molecular weight excluding hydrogens is 346 g/mol. The second kappa shape index (κ2) is 8.04. The predicted octanol–water partition coefficient (Wildman–Crippen LogP) is 2.39. The van der Waals surface area contributed by atoms with Gasteiger partial charge in [0, 0.05) is 37.5 Å². The van der Waals surface area contributed by atoms with Crippen LogP contribution in [-0.2, 0) is 4.74 Å². The highest BCUT2D eigenvalue weighted by Gasteiger charge is 2.27. The molecule has 27 heavy (non-hydrogen) atoms. The first-order valence-electron chi connectivity index (χ1n) is 9.13. The number of anilines is 1. The molecule has 2 aliphatic heterocycles. The van der Waals surface area contributed by atoms with Crippen LogP contribution in [0.15, 0.2) is 36.4 Å². The van der Waals surface area contributed by atoms with Gasteiger partial charge in [0.2, 0.25) is 6.79 Å². The number of morpholine rings is 1. The Morgan fingerprint density at radius 2 is 1.78 bits per heavy atom. The molecule has 1 atom stereocenters. The van der Waals surface area contributed by atoms with Crippen LogP contribution in [0.25, 0.3) is 0 Å². The first-order chi connectivity index (χ1) is 13.3. The summed E-state index contributed by atoms with van der Waals surface area (Å²) in [4.78, 5) is 0. The summed E-state index contributed by atoms with van der Waals surface area (Å²) in [6.45, 7) is 3.31. The maximum absolute atomic E-state index is 5.70. The van der Waals surface area contributed by atoms with E-state index in [-0.39, 0.29) is 12.8 Å². The second-order valence-electron chi connectivity index (χ2n) is 6.45. The van der Waals surface area contributed by atoms with Crippen LogP contribution >= 0.6 is 0 Å². The van der Waals surface area contributed by atoms with Gasteiger partial charge >= 0.3 is 0 Å². The summed E-state index contributed by atoms with van der Waals surface area (Å²) in [5.41, 5.74) is 6.85. The molecule has 7 heteroatoms. The van der Waals surface area contributed by atoms with Crippen molar-refractivity contribution in [2.24, 2.45) is 0 Å². The van der Waals surface area contributed by atoms with E-state index in [0.717, 1.165) is 41.4 Å². The number of para-hydroxylation sites is 1. The van der Waals surface area contributed by atoms with Gasteiger partial charge in [0.15, 0.2) is 11.5 Å². The zero-order valence-electron chi connectivity index (χ0n) is 15.7. The molecule has 1 unspecified atom stereocenters. The van der Waals surface area contributed by atoms with Gasteiger partial charge in [0.05, 0.1) is 26.4 Å². The number of fused-ring (bicyclic) bond motifs is 1. The van der Waals surface area contributed by atoms with Gasteiger partial charge in [-0.3, -0.25) is 0 Å². The molecule has 1 saturated heterocycles. The third kappa shape index (κ3) is 3.66. The highest BCUT2D eigenvalue weighted by atomic mass is 16.7. The SMILES string of the molecule is CNc1ccccc1C(NN1CCOCC1)c1cc2c(cc1OC)OCO2. The minimum Gasteiger partial charge on any atom is -0.496 e. The van der Waals surface area contributed by atoms with Gasteiger partial charge in [-0.05, 0) is 17.7 Å². The Kier molecular flexibility index (Phi) is 5.33. The second-order valence-corrected chi connectivity index (χ2v) is 6.45. The van der Waals surface area contributed by atoms with Crippen LogP contribution < -0.4 is 25.0 Å². The van der Waals surface area contributed by atoms with Gasteiger partial charge in [0.1, 0.15) is 5.75 Å². The lowest BCUT2D eigenvalue weighted by molar-refractivity contribution is 0.00636. The smallest absolute Gasteiger partial charge is 0.231 e. The Morgan fingerprint density at radius 1 is 1.04 bits per heavy atom. The lowest BCUT2D eigenvalue weighted by atomic mass is 9.96. The molecule has 144 valence electrons. The molecule has 2 aliphatic rings. The molecule has 0 aliphatic carbocycles. The fourth-order valence-electron chi connectivity index (χ4n) is 3.50. The molecule has 0 bridgehead atoms. The van der Waals surface area contributed by atoms with Gasteiger partial charge in [0.25, 0.3) is 0 Å². The number of hydrogen-bond donors (Lipinski definition) is 2. The van der Waals surface area contributed by atoms with Gasteiger partial charge in [-0.15, -0.1) is 0 Å². The molecule has 2 aromatic carbocycles. The van der Waals surface area contributed by atoms with E-state index in [1.54, 1.807) is 7.11 Å². The maximum Gasteiger partial charge on any atom is 0.231 e. The van der Waals surface area contributed by atoms with Crippen molar-refractivity contribution in [3.05, 3.63) is 47.5 Å². The summed E-state index contributed by atoms with van der Waals surface area (Å²) < 4.78 is 22.3. The third-order valence-electron chi connectivity index (χ3n) is 4.90. The van der Waals surface area contributed by atoms with Crippen molar-refractivity contribution in [3.63, 3.8) is 0 Å². The van der Waals surface area contributed by atoms with Crippen molar-refractivity contribution < 1.29 is 18.9 Å². The molecule has 4 rings (SSSR count). The lowest BCUT2D eigenvalue weighted by Gasteiger charge is -2.33. The van der Waals surface area contributed by atoms with E-state index in [4.69, 9.17) is 18.9 Å². The molecule has 2 heterocycles. The molecule has 0 aromatic heterocycles. The summed E-state index contributed by atoms with van der Waals surface area (Å²) in [6.07, 6.45) is 0. The normalized spacial score (nSPS) is 17.6. The number of nitrogens with zero attached hydrogens (tertiary/aromatic N) is 1. The van der Waals surface area contributed by atoms with Crippen LogP contribution in [-0.4, -0.2) is 52.3 Å². The number of hydrogen-bond acceptors (Lipinski definition) is 7.